The SMILES string of the molecule is CC(C)(C)OC[S+]=O. The molecule has 0 rings (SSSR count). The van der Waals surface area contributed by atoms with Crippen LogP contribution in [0.4, 0.5) is 0 Å². The highest BCUT2D eigenvalue weighted by Gasteiger charge is 2.12. The van der Waals surface area contributed by atoms with Crippen molar-refractivity contribution >= 4 is 11.7 Å². The van der Waals surface area contributed by atoms with E-state index in [2.05, 4.69) is 0 Å². The van der Waals surface area contributed by atoms with Crippen LogP contribution in [-0.2, 0) is 20.6 Å². The minimum atomic E-state index is -0.169. The number of ether oxygens (including phenoxy) is 1. The molecule has 0 bridgehead atoms. The van der Waals surface area contributed by atoms with Gasteiger partial charge in [0.05, 0.1) is 5.60 Å². The van der Waals surface area contributed by atoms with Gasteiger partial charge in [0.2, 0.25) is 0 Å². The molecule has 0 aromatic rings. The first kappa shape index (κ1) is 7.98. The third kappa shape index (κ3) is 5.98. The van der Waals surface area contributed by atoms with Crippen molar-refractivity contribution < 1.29 is 8.95 Å². The van der Waals surface area contributed by atoms with Crippen molar-refractivity contribution in [3.63, 3.8) is 0 Å². The molecule has 0 aromatic carbocycles. The second kappa shape index (κ2) is 3.10. The Morgan fingerprint density at radius 3 is 2.12 bits per heavy atom. The average molecular weight is 135 g/mol. The molecule has 0 aliphatic carbocycles. The van der Waals surface area contributed by atoms with Crippen LogP contribution in [-0.4, -0.2) is 11.5 Å². The van der Waals surface area contributed by atoms with Crippen molar-refractivity contribution in [1.82, 2.24) is 0 Å². The van der Waals surface area contributed by atoms with E-state index in [1.165, 1.54) is 0 Å². The van der Waals surface area contributed by atoms with Crippen LogP contribution in [0.5, 0.6) is 0 Å². The fraction of sp³-hybridized carbons (Fsp3) is 1.00. The highest BCUT2D eigenvalue weighted by molar-refractivity contribution is 7.65. The van der Waals surface area contributed by atoms with Crippen molar-refractivity contribution in [3.05, 3.63) is 0 Å². The summed E-state index contributed by atoms with van der Waals surface area (Å²) < 4.78 is 14.8. The van der Waals surface area contributed by atoms with Gasteiger partial charge in [-0.1, -0.05) is 0 Å². The Kier molecular flexibility index (Phi) is 3.09. The van der Waals surface area contributed by atoms with Gasteiger partial charge in [0.1, 0.15) is 0 Å². The molecule has 0 saturated carbocycles. The van der Waals surface area contributed by atoms with E-state index in [9.17, 15) is 4.21 Å². The monoisotopic (exact) mass is 135 g/mol. The van der Waals surface area contributed by atoms with Gasteiger partial charge >= 0.3 is 17.6 Å². The largest absolute Gasteiger partial charge is 0.489 e. The summed E-state index contributed by atoms with van der Waals surface area (Å²) in [7, 11) is 0. The summed E-state index contributed by atoms with van der Waals surface area (Å²) in [6.07, 6.45) is 0. The summed E-state index contributed by atoms with van der Waals surface area (Å²) in [6, 6.07) is 0. The molecular weight excluding hydrogens is 124 g/mol. The molecule has 0 aliphatic rings. The van der Waals surface area contributed by atoms with Crippen LogP contribution in [0.25, 0.3) is 0 Å². The Morgan fingerprint density at radius 2 is 2.00 bits per heavy atom. The van der Waals surface area contributed by atoms with Crippen LogP contribution in [0.3, 0.4) is 0 Å². The lowest BCUT2D eigenvalue weighted by molar-refractivity contribution is 0.0278. The van der Waals surface area contributed by atoms with Crippen LogP contribution in [0.2, 0.25) is 0 Å². The van der Waals surface area contributed by atoms with Gasteiger partial charge in [-0.05, 0) is 20.8 Å². The Bertz CT molecular complexity index is 75.0. The van der Waals surface area contributed by atoms with Gasteiger partial charge in [-0.3, -0.25) is 0 Å². The Morgan fingerprint density at radius 1 is 1.50 bits per heavy atom. The first-order valence-electron chi connectivity index (χ1n) is 2.45. The van der Waals surface area contributed by atoms with E-state index in [-0.39, 0.29) is 11.5 Å². The molecule has 0 fully saturated rings. The lowest BCUT2D eigenvalue weighted by Crippen LogP contribution is -2.19. The molecule has 0 N–H and O–H groups in total. The molecule has 8 heavy (non-hydrogen) atoms. The fourth-order valence-electron chi connectivity index (χ4n) is 0.201. The molecule has 0 heterocycles. The molecule has 2 nitrogen and oxygen atoms in total. The van der Waals surface area contributed by atoms with Gasteiger partial charge < -0.3 is 4.74 Å². The van der Waals surface area contributed by atoms with Crippen molar-refractivity contribution in [2.75, 3.05) is 5.94 Å². The molecule has 0 aliphatic heterocycles. The maximum absolute atomic E-state index is 9.77. The van der Waals surface area contributed by atoms with Gasteiger partial charge in [0.15, 0.2) is 0 Å². The molecule has 0 saturated heterocycles. The van der Waals surface area contributed by atoms with Crippen LogP contribution >= 0.6 is 0 Å². The molecule has 0 aromatic heterocycles. The Labute approximate surface area is 53.7 Å². The summed E-state index contributed by atoms with van der Waals surface area (Å²) in [5, 5.41) is 0. The van der Waals surface area contributed by atoms with Crippen LogP contribution in [0.15, 0.2) is 0 Å². The van der Waals surface area contributed by atoms with Crippen molar-refractivity contribution in [2.24, 2.45) is 0 Å². The highest BCUT2D eigenvalue weighted by Crippen LogP contribution is 2.04. The van der Waals surface area contributed by atoms with Crippen molar-refractivity contribution in [3.8, 4) is 0 Å². The molecule has 0 spiro atoms. The van der Waals surface area contributed by atoms with E-state index in [4.69, 9.17) is 4.74 Å². The van der Waals surface area contributed by atoms with E-state index in [0.29, 0.717) is 11.7 Å². The van der Waals surface area contributed by atoms with Crippen LogP contribution < -0.4 is 0 Å². The van der Waals surface area contributed by atoms with Crippen LogP contribution in [0.1, 0.15) is 20.8 Å². The Hall–Kier alpha value is -0.0200. The third-order valence-electron chi connectivity index (χ3n) is 0.540. The molecule has 3 heteroatoms. The maximum atomic E-state index is 9.77. The second-order valence-corrected chi connectivity index (χ2v) is 2.96. The van der Waals surface area contributed by atoms with Gasteiger partial charge in [-0.25, -0.2) is 0 Å². The molecule has 0 amide bonds. The van der Waals surface area contributed by atoms with Gasteiger partial charge in [0, 0.05) is 4.21 Å². The van der Waals surface area contributed by atoms with E-state index in [1.54, 1.807) is 0 Å². The third-order valence-corrected chi connectivity index (χ3v) is 0.754. The molecule has 48 valence electrons. The zero-order valence-electron chi connectivity index (χ0n) is 5.43. The molecule has 0 radical (unpaired) electrons. The van der Waals surface area contributed by atoms with Crippen molar-refractivity contribution in [1.29, 1.82) is 0 Å². The number of hydrogen-bond donors (Lipinski definition) is 0. The lowest BCUT2D eigenvalue weighted by Gasteiger charge is -2.13. The average Bonchev–Trinajstić information content (AvgIpc) is 1.59. The van der Waals surface area contributed by atoms with E-state index in [1.807, 2.05) is 20.8 Å². The first-order chi connectivity index (χ1) is 3.56. The molecule has 0 unspecified atom stereocenters. The zero-order valence-corrected chi connectivity index (χ0v) is 6.25. The minimum absolute atomic E-state index is 0.169. The predicted octanol–water partition coefficient (Wildman–Crippen LogP) is 1.19. The summed E-state index contributed by atoms with van der Waals surface area (Å²) >= 11 is 0.456. The summed E-state index contributed by atoms with van der Waals surface area (Å²) in [4.78, 5) is 0. The second-order valence-electron chi connectivity index (χ2n) is 2.49. The first-order valence-corrected chi connectivity index (χ1v) is 3.36. The van der Waals surface area contributed by atoms with Gasteiger partial charge in [-0.2, -0.15) is 0 Å². The normalized spacial score (nSPS) is 11.4. The standard InChI is InChI=1S/C5H11O2S/c1-5(2,3)7-4-8-6/h4H2,1-3H3/q+1. The minimum Gasteiger partial charge on any atom is -0.319 e. The van der Waals surface area contributed by atoms with Crippen LogP contribution in [0, 0.1) is 0 Å². The molecule has 0 atom stereocenters. The Balaban J connectivity index is 3.24. The summed E-state index contributed by atoms with van der Waals surface area (Å²) in [5.41, 5.74) is -0.169. The summed E-state index contributed by atoms with van der Waals surface area (Å²) in [5.74, 6) is 0.240. The zero-order chi connectivity index (χ0) is 6.62. The highest BCUT2D eigenvalue weighted by atomic mass is 32.1. The van der Waals surface area contributed by atoms with Crippen molar-refractivity contribution in [2.45, 2.75) is 26.4 Å². The van der Waals surface area contributed by atoms with Gasteiger partial charge in [-0.15, -0.1) is 0 Å². The van der Waals surface area contributed by atoms with E-state index < -0.39 is 0 Å². The molecular formula is C5H11O2S+. The quantitative estimate of drug-likeness (QED) is 0.420. The summed E-state index contributed by atoms with van der Waals surface area (Å²) in [6.45, 7) is 5.76. The number of rotatable bonds is 2. The smallest absolute Gasteiger partial charge is 0.319 e. The fourth-order valence-corrected chi connectivity index (χ4v) is 0.602. The predicted molar refractivity (Wildman–Crippen MR) is 33.8 cm³/mol. The lowest BCUT2D eigenvalue weighted by atomic mass is 10.2. The van der Waals surface area contributed by atoms with Gasteiger partial charge in [0.25, 0.3) is 0 Å². The van der Waals surface area contributed by atoms with E-state index in [0.717, 1.165) is 0 Å². The maximum Gasteiger partial charge on any atom is 0.489 e. The topological polar surface area (TPSA) is 26.3 Å². The van der Waals surface area contributed by atoms with E-state index >= 15 is 0 Å². The number of hydrogen-bond acceptors (Lipinski definition) is 2.